The first kappa shape index (κ1) is 25.5. The molecule has 3 rings (SSSR count). The van der Waals surface area contributed by atoms with Crippen molar-refractivity contribution in [3.05, 3.63) is 46.3 Å². The van der Waals surface area contributed by atoms with Crippen molar-refractivity contribution in [2.45, 2.75) is 71.4 Å². The highest BCUT2D eigenvalue weighted by atomic mass is 35.5. The second kappa shape index (κ2) is 10.9. The van der Waals surface area contributed by atoms with Crippen LogP contribution < -0.4 is 5.32 Å². The average Bonchev–Trinajstić information content (AvgIpc) is 3.08. The summed E-state index contributed by atoms with van der Waals surface area (Å²) in [5, 5.41) is 2.93. The molecule has 1 saturated carbocycles. The van der Waals surface area contributed by atoms with Gasteiger partial charge in [-0.15, -0.1) is 0 Å². The number of imidazole rings is 1. The third kappa shape index (κ3) is 6.71. The van der Waals surface area contributed by atoms with Crippen molar-refractivity contribution in [1.29, 1.82) is 0 Å². The van der Waals surface area contributed by atoms with Gasteiger partial charge in [0, 0.05) is 19.4 Å². The Morgan fingerprint density at radius 2 is 1.94 bits per heavy atom. The van der Waals surface area contributed by atoms with E-state index in [2.05, 4.69) is 17.2 Å². The van der Waals surface area contributed by atoms with Gasteiger partial charge in [0.1, 0.15) is 16.8 Å². The van der Waals surface area contributed by atoms with Gasteiger partial charge in [-0.2, -0.15) is 13.2 Å². The summed E-state index contributed by atoms with van der Waals surface area (Å²) < 4.78 is 53.4. The smallest absolute Gasteiger partial charge is 0.350 e. The van der Waals surface area contributed by atoms with Crippen molar-refractivity contribution in [2.75, 3.05) is 6.54 Å². The summed E-state index contributed by atoms with van der Waals surface area (Å²) in [7, 11) is 0. The zero-order valence-corrected chi connectivity index (χ0v) is 19.7. The van der Waals surface area contributed by atoms with Crippen LogP contribution in [0.3, 0.4) is 0 Å². The predicted molar refractivity (Wildman–Crippen MR) is 120 cm³/mol. The molecule has 182 valence electrons. The maximum absolute atomic E-state index is 14.9. The lowest BCUT2D eigenvalue weighted by Gasteiger charge is -2.26. The maximum atomic E-state index is 14.9. The third-order valence-electron chi connectivity index (χ3n) is 6.29. The van der Waals surface area contributed by atoms with E-state index in [4.69, 9.17) is 11.6 Å². The first-order chi connectivity index (χ1) is 15.6. The second-order valence-electron chi connectivity index (χ2n) is 8.95. The molecule has 1 aromatic heterocycles. The number of aryl methyl sites for hydroxylation is 2. The number of hydrogen-bond acceptors (Lipinski definition) is 2. The molecule has 0 radical (unpaired) electrons. The molecule has 0 atom stereocenters. The minimum absolute atomic E-state index is 0.0188. The Morgan fingerprint density at radius 1 is 1.24 bits per heavy atom. The van der Waals surface area contributed by atoms with Crippen molar-refractivity contribution >= 4 is 17.5 Å². The Balaban J connectivity index is 1.73. The Hall–Kier alpha value is -2.09. The Kier molecular flexibility index (Phi) is 8.43. The topological polar surface area (TPSA) is 46.9 Å². The fourth-order valence-corrected chi connectivity index (χ4v) is 4.62. The van der Waals surface area contributed by atoms with Crippen molar-refractivity contribution in [3.63, 3.8) is 0 Å². The van der Waals surface area contributed by atoms with Gasteiger partial charge in [-0.25, -0.2) is 9.37 Å². The van der Waals surface area contributed by atoms with Crippen molar-refractivity contribution < 1.29 is 22.4 Å². The van der Waals surface area contributed by atoms with E-state index in [0.717, 1.165) is 31.6 Å². The zero-order chi connectivity index (χ0) is 24.2. The van der Waals surface area contributed by atoms with Crippen LogP contribution in [0.1, 0.15) is 74.2 Å². The lowest BCUT2D eigenvalue weighted by atomic mass is 9.83. The molecule has 0 spiro atoms. The highest BCUT2D eigenvalue weighted by Gasteiger charge is 2.27. The number of amides is 1. The van der Waals surface area contributed by atoms with Gasteiger partial charge in [-0.3, -0.25) is 9.36 Å². The molecule has 1 fully saturated rings. The van der Waals surface area contributed by atoms with Gasteiger partial charge in [-0.1, -0.05) is 44.4 Å². The molecular formula is C24H30ClF4N3O. The molecule has 1 aliphatic rings. The Bertz CT molecular complexity index is 965. The van der Waals surface area contributed by atoms with Gasteiger partial charge in [0.25, 0.3) is 5.91 Å². The van der Waals surface area contributed by atoms with E-state index in [9.17, 15) is 22.4 Å². The van der Waals surface area contributed by atoms with E-state index in [0.29, 0.717) is 30.3 Å². The second-order valence-corrected chi connectivity index (χ2v) is 9.30. The van der Waals surface area contributed by atoms with E-state index in [-0.39, 0.29) is 29.4 Å². The summed E-state index contributed by atoms with van der Waals surface area (Å²) in [5.74, 6) is 0.563. The number of hydrogen-bond donors (Lipinski definition) is 1. The van der Waals surface area contributed by atoms with Crippen LogP contribution in [0.15, 0.2) is 18.2 Å². The monoisotopic (exact) mass is 487 g/mol. The Labute approximate surface area is 196 Å². The van der Waals surface area contributed by atoms with Crippen LogP contribution in [0.5, 0.6) is 0 Å². The standard InChI is InChI=1S/C24H30ClF4N3O/c1-3-20-31-21(23(33)30-14-17-8-6-15(2)7-9-17)22(25)32(20)19-11-10-16(13-18(19)26)5-4-12-24(27,28)29/h10-11,13,15,17H,3-9,12,14H2,1-2H3,(H,30,33). The normalized spacial score (nSPS) is 19.0. The number of nitrogens with zero attached hydrogens (tertiary/aromatic N) is 2. The summed E-state index contributed by atoms with van der Waals surface area (Å²) >= 11 is 6.47. The van der Waals surface area contributed by atoms with Crippen LogP contribution in [0, 0.1) is 17.7 Å². The van der Waals surface area contributed by atoms with Gasteiger partial charge < -0.3 is 5.32 Å². The minimum Gasteiger partial charge on any atom is -0.350 e. The van der Waals surface area contributed by atoms with Crippen molar-refractivity contribution in [1.82, 2.24) is 14.9 Å². The van der Waals surface area contributed by atoms with Crippen LogP contribution in [0.25, 0.3) is 5.69 Å². The highest BCUT2D eigenvalue weighted by molar-refractivity contribution is 6.32. The number of carbonyl (C=O) groups excluding carboxylic acids is 1. The first-order valence-electron chi connectivity index (χ1n) is 11.5. The van der Waals surface area contributed by atoms with E-state index < -0.39 is 24.3 Å². The van der Waals surface area contributed by atoms with E-state index in [1.165, 1.54) is 16.7 Å². The number of aromatic nitrogens is 2. The SMILES string of the molecule is CCc1nc(C(=O)NCC2CCC(C)CC2)c(Cl)n1-c1ccc(CCCC(F)(F)F)cc1F. The van der Waals surface area contributed by atoms with E-state index >= 15 is 0 Å². The molecule has 0 aliphatic heterocycles. The molecule has 1 N–H and O–H groups in total. The summed E-state index contributed by atoms with van der Waals surface area (Å²) in [5.41, 5.74) is 0.630. The van der Waals surface area contributed by atoms with Crippen LogP contribution in [-0.2, 0) is 12.8 Å². The molecule has 4 nitrogen and oxygen atoms in total. The molecule has 0 unspecified atom stereocenters. The zero-order valence-electron chi connectivity index (χ0n) is 18.9. The summed E-state index contributed by atoms with van der Waals surface area (Å²) in [6.45, 7) is 4.61. The van der Waals surface area contributed by atoms with Crippen LogP contribution >= 0.6 is 11.6 Å². The summed E-state index contributed by atoms with van der Waals surface area (Å²) in [6, 6.07) is 4.26. The number of halogens is 5. The number of rotatable bonds is 8. The molecule has 2 aromatic rings. The Morgan fingerprint density at radius 3 is 2.55 bits per heavy atom. The summed E-state index contributed by atoms with van der Waals surface area (Å²) in [6.07, 6.45) is -0.272. The molecule has 1 amide bonds. The average molecular weight is 488 g/mol. The van der Waals surface area contributed by atoms with Crippen molar-refractivity contribution in [2.24, 2.45) is 11.8 Å². The first-order valence-corrected chi connectivity index (χ1v) is 11.9. The van der Waals surface area contributed by atoms with E-state index in [1.807, 2.05) is 6.92 Å². The van der Waals surface area contributed by atoms with Gasteiger partial charge in [0.2, 0.25) is 0 Å². The number of benzene rings is 1. The highest BCUT2D eigenvalue weighted by Crippen LogP contribution is 2.29. The predicted octanol–water partition coefficient (Wildman–Crippen LogP) is 6.67. The quantitative estimate of drug-likeness (QED) is 0.423. The fraction of sp³-hybridized carbons (Fsp3) is 0.583. The van der Waals surface area contributed by atoms with Gasteiger partial charge >= 0.3 is 6.18 Å². The third-order valence-corrected chi connectivity index (χ3v) is 6.64. The van der Waals surface area contributed by atoms with Crippen LogP contribution in [-0.4, -0.2) is 28.2 Å². The molecule has 33 heavy (non-hydrogen) atoms. The maximum Gasteiger partial charge on any atom is 0.389 e. The largest absolute Gasteiger partial charge is 0.389 e. The fourth-order valence-electron chi connectivity index (χ4n) is 4.31. The molecule has 1 heterocycles. The van der Waals surface area contributed by atoms with Gasteiger partial charge in [-0.05, 0) is 55.2 Å². The minimum atomic E-state index is -4.23. The molecule has 0 saturated heterocycles. The van der Waals surface area contributed by atoms with E-state index in [1.54, 1.807) is 6.07 Å². The van der Waals surface area contributed by atoms with Gasteiger partial charge in [0.15, 0.2) is 5.69 Å². The molecule has 1 aliphatic carbocycles. The molecule has 0 bridgehead atoms. The van der Waals surface area contributed by atoms with Crippen molar-refractivity contribution in [3.8, 4) is 5.69 Å². The molecule has 1 aromatic carbocycles. The number of carbonyl (C=O) groups is 1. The van der Waals surface area contributed by atoms with Gasteiger partial charge in [0.05, 0.1) is 5.69 Å². The summed E-state index contributed by atoms with van der Waals surface area (Å²) in [4.78, 5) is 17.1. The lowest BCUT2D eigenvalue weighted by molar-refractivity contribution is -0.135. The number of alkyl halides is 3. The number of nitrogens with one attached hydrogen (secondary N) is 1. The molecular weight excluding hydrogens is 458 g/mol. The van der Waals surface area contributed by atoms with Crippen LogP contribution in [0.4, 0.5) is 17.6 Å². The van der Waals surface area contributed by atoms with Crippen LogP contribution in [0.2, 0.25) is 5.15 Å². The molecule has 9 heteroatoms. The lowest BCUT2D eigenvalue weighted by Crippen LogP contribution is -2.31.